The number of fused-ring (bicyclic) bond motifs is 1. The Morgan fingerprint density at radius 1 is 1.24 bits per heavy atom. The van der Waals surface area contributed by atoms with E-state index in [0.717, 1.165) is 23.5 Å². The molecule has 4 rings (SSSR count). The zero-order chi connectivity index (χ0) is 17.2. The normalized spacial score (nSPS) is 16.2. The highest BCUT2D eigenvalue weighted by Crippen LogP contribution is 2.34. The van der Waals surface area contributed by atoms with Crippen LogP contribution in [0.4, 0.5) is 5.69 Å². The maximum absolute atomic E-state index is 13.1. The van der Waals surface area contributed by atoms with Gasteiger partial charge >= 0.3 is 0 Å². The molecule has 1 amide bonds. The summed E-state index contributed by atoms with van der Waals surface area (Å²) in [5.41, 5.74) is 1.97. The van der Waals surface area contributed by atoms with Gasteiger partial charge in [0.2, 0.25) is 0 Å². The number of amides is 1. The Morgan fingerprint density at radius 2 is 2.12 bits per heavy atom. The highest BCUT2D eigenvalue weighted by molar-refractivity contribution is 6.06. The highest BCUT2D eigenvalue weighted by Gasteiger charge is 2.30. The third-order valence-corrected chi connectivity index (χ3v) is 4.27. The van der Waals surface area contributed by atoms with Crippen molar-refractivity contribution in [2.24, 2.45) is 0 Å². The minimum absolute atomic E-state index is 0.0202. The number of nitrogens with zero attached hydrogens (tertiary/aromatic N) is 4. The lowest BCUT2D eigenvalue weighted by molar-refractivity contribution is 0.0949. The fraction of sp³-hybridized carbons (Fsp3) is 0.211. The maximum Gasteiger partial charge on any atom is 0.277 e. The quantitative estimate of drug-likeness (QED) is 0.738. The van der Waals surface area contributed by atoms with Crippen molar-refractivity contribution in [3.63, 3.8) is 0 Å². The molecule has 0 N–H and O–H groups in total. The summed E-state index contributed by atoms with van der Waals surface area (Å²) < 4.78 is 7.66. The van der Waals surface area contributed by atoms with Gasteiger partial charge in [0.25, 0.3) is 5.91 Å². The first-order chi connectivity index (χ1) is 12.3. The number of carbonyl (C=O) groups is 1. The number of carbonyl (C=O) groups excluding carboxylic acids is 1. The van der Waals surface area contributed by atoms with E-state index in [2.05, 4.69) is 17.0 Å². The molecular formula is C19H18N4O2. The smallest absolute Gasteiger partial charge is 0.277 e. The van der Waals surface area contributed by atoms with Crippen molar-refractivity contribution in [2.75, 3.05) is 11.4 Å². The molecule has 0 spiro atoms. The van der Waals surface area contributed by atoms with Crippen LogP contribution in [-0.2, 0) is 0 Å². The molecule has 3 aromatic rings. The minimum atomic E-state index is -0.136. The van der Waals surface area contributed by atoms with Crippen LogP contribution in [0.25, 0.3) is 5.69 Å². The topological polar surface area (TPSA) is 60.2 Å². The van der Waals surface area contributed by atoms with E-state index >= 15 is 0 Å². The van der Waals surface area contributed by atoms with E-state index in [9.17, 15) is 4.79 Å². The van der Waals surface area contributed by atoms with Crippen LogP contribution in [0.1, 0.15) is 23.8 Å². The SMILES string of the molecule is CC[C@H]1CN(C(=O)c2cc(-n3cccn3)ccn2)c2ccccc2O1. The van der Waals surface area contributed by atoms with Crippen LogP contribution < -0.4 is 9.64 Å². The van der Waals surface area contributed by atoms with E-state index < -0.39 is 0 Å². The number of hydrogen-bond donors (Lipinski definition) is 0. The van der Waals surface area contributed by atoms with Gasteiger partial charge in [-0.1, -0.05) is 19.1 Å². The number of pyridine rings is 1. The van der Waals surface area contributed by atoms with Crippen LogP contribution in [0, 0.1) is 0 Å². The fourth-order valence-electron chi connectivity index (χ4n) is 2.94. The van der Waals surface area contributed by atoms with Gasteiger partial charge < -0.3 is 4.74 Å². The molecule has 25 heavy (non-hydrogen) atoms. The van der Waals surface area contributed by atoms with E-state index in [1.807, 2.05) is 42.6 Å². The lowest BCUT2D eigenvalue weighted by Crippen LogP contribution is -2.43. The number of rotatable bonds is 3. The summed E-state index contributed by atoms with van der Waals surface area (Å²) in [7, 11) is 0. The third kappa shape index (κ3) is 2.87. The highest BCUT2D eigenvalue weighted by atomic mass is 16.5. The Labute approximate surface area is 145 Å². The molecule has 126 valence electrons. The van der Waals surface area contributed by atoms with Gasteiger partial charge in [-0.15, -0.1) is 0 Å². The predicted octanol–water partition coefficient (Wildman–Crippen LogP) is 3.09. The zero-order valence-electron chi connectivity index (χ0n) is 13.9. The van der Waals surface area contributed by atoms with Crippen LogP contribution >= 0.6 is 0 Å². The van der Waals surface area contributed by atoms with E-state index in [0.29, 0.717) is 12.2 Å². The summed E-state index contributed by atoms with van der Waals surface area (Å²) in [4.78, 5) is 19.2. The lowest BCUT2D eigenvalue weighted by Gasteiger charge is -2.34. The Bertz CT molecular complexity index is 892. The van der Waals surface area contributed by atoms with Gasteiger partial charge in [0.05, 0.1) is 17.9 Å². The van der Waals surface area contributed by atoms with Crippen LogP contribution in [0.2, 0.25) is 0 Å². The second-order valence-electron chi connectivity index (χ2n) is 5.88. The minimum Gasteiger partial charge on any atom is -0.486 e. The van der Waals surface area contributed by atoms with Crippen molar-refractivity contribution < 1.29 is 9.53 Å². The number of ether oxygens (including phenoxy) is 1. The molecule has 0 bridgehead atoms. The van der Waals surface area contributed by atoms with E-state index in [1.54, 1.807) is 28.0 Å². The van der Waals surface area contributed by atoms with Crippen LogP contribution in [0.3, 0.4) is 0 Å². The molecular weight excluding hydrogens is 316 g/mol. The standard InChI is InChI=1S/C19H18N4O2/c1-2-15-13-22(17-6-3-4-7-18(17)25-15)19(24)16-12-14(8-10-20-16)23-11-5-9-21-23/h3-12,15H,2,13H2,1H3/t15-/m0/s1. The summed E-state index contributed by atoms with van der Waals surface area (Å²) in [6.45, 7) is 2.57. The Balaban J connectivity index is 1.70. The molecule has 1 aromatic carbocycles. The van der Waals surface area contributed by atoms with Gasteiger partial charge in [-0.25, -0.2) is 4.68 Å². The van der Waals surface area contributed by atoms with Gasteiger partial charge in [-0.05, 0) is 36.8 Å². The van der Waals surface area contributed by atoms with Gasteiger partial charge in [0.1, 0.15) is 17.5 Å². The van der Waals surface area contributed by atoms with E-state index in [4.69, 9.17) is 4.74 Å². The van der Waals surface area contributed by atoms with Crippen molar-refractivity contribution in [2.45, 2.75) is 19.4 Å². The van der Waals surface area contributed by atoms with Crippen LogP contribution in [-0.4, -0.2) is 33.3 Å². The summed E-state index contributed by atoms with van der Waals surface area (Å²) in [5.74, 6) is 0.598. The first-order valence-corrected chi connectivity index (χ1v) is 8.30. The van der Waals surface area contributed by atoms with Gasteiger partial charge in [-0.3, -0.25) is 14.7 Å². The van der Waals surface area contributed by atoms with Crippen molar-refractivity contribution in [3.05, 3.63) is 66.7 Å². The van der Waals surface area contributed by atoms with E-state index in [-0.39, 0.29) is 12.0 Å². The molecule has 0 aliphatic carbocycles. The second kappa shape index (κ2) is 6.39. The van der Waals surface area contributed by atoms with Crippen LogP contribution in [0.5, 0.6) is 5.75 Å². The average Bonchev–Trinajstić information content (AvgIpc) is 3.21. The summed E-state index contributed by atoms with van der Waals surface area (Å²) in [6.07, 6.45) is 5.98. The van der Waals surface area contributed by atoms with Gasteiger partial charge in [-0.2, -0.15) is 5.10 Å². The molecule has 6 heteroatoms. The largest absolute Gasteiger partial charge is 0.486 e. The number of aromatic nitrogens is 3. The molecule has 0 fully saturated rings. The summed E-state index contributed by atoms with van der Waals surface area (Å²) >= 11 is 0. The van der Waals surface area contributed by atoms with Crippen molar-refractivity contribution in [1.29, 1.82) is 0 Å². The molecule has 0 saturated carbocycles. The molecule has 1 atom stereocenters. The first kappa shape index (κ1) is 15.4. The second-order valence-corrected chi connectivity index (χ2v) is 5.88. The molecule has 0 unspecified atom stereocenters. The molecule has 2 aromatic heterocycles. The number of benzene rings is 1. The Hall–Kier alpha value is -3.15. The monoisotopic (exact) mass is 334 g/mol. The average molecular weight is 334 g/mol. The van der Waals surface area contributed by atoms with Gasteiger partial charge in [0, 0.05) is 18.6 Å². The van der Waals surface area contributed by atoms with Crippen molar-refractivity contribution in [3.8, 4) is 11.4 Å². The number of para-hydroxylation sites is 2. The van der Waals surface area contributed by atoms with Crippen molar-refractivity contribution in [1.82, 2.24) is 14.8 Å². The molecule has 0 saturated heterocycles. The number of anilines is 1. The van der Waals surface area contributed by atoms with Crippen molar-refractivity contribution >= 4 is 11.6 Å². The third-order valence-electron chi connectivity index (χ3n) is 4.27. The molecule has 1 aliphatic heterocycles. The molecule has 1 aliphatic rings. The summed E-state index contributed by atoms with van der Waals surface area (Å²) in [5, 5.41) is 4.20. The zero-order valence-corrected chi connectivity index (χ0v) is 13.9. The lowest BCUT2D eigenvalue weighted by atomic mass is 10.1. The summed E-state index contributed by atoms with van der Waals surface area (Å²) in [6, 6.07) is 13.0. The first-order valence-electron chi connectivity index (χ1n) is 8.30. The van der Waals surface area contributed by atoms with Gasteiger partial charge in [0.15, 0.2) is 0 Å². The Kier molecular flexibility index (Phi) is 3.93. The van der Waals surface area contributed by atoms with E-state index in [1.165, 1.54) is 0 Å². The Morgan fingerprint density at radius 3 is 2.92 bits per heavy atom. The molecule has 6 nitrogen and oxygen atoms in total. The number of hydrogen-bond acceptors (Lipinski definition) is 4. The van der Waals surface area contributed by atoms with Crippen LogP contribution in [0.15, 0.2) is 61.1 Å². The predicted molar refractivity (Wildman–Crippen MR) is 94.2 cm³/mol. The molecule has 0 radical (unpaired) electrons. The molecule has 3 heterocycles. The maximum atomic E-state index is 13.1. The fourth-order valence-corrected chi connectivity index (χ4v) is 2.94.